The zero-order valence-corrected chi connectivity index (χ0v) is 12.9. The number of carbonyl (C=O) groups excluding carboxylic acids is 1. The molecule has 0 aromatic carbocycles. The van der Waals surface area contributed by atoms with Crippen LogP contribution in [0.3, 0.4) is 0 Å². The average Bonchev–Trinajstić information content (AvgIpc) is 3.05. The summed E-state index contributed by atoms with van der Waals surface area (Å²) in [4.78, 5) is 15.7. The maximum absolute atomic E-state index is 12.8. The van der Waals surface area contributed by atoms with Crippen LogP contribution in [0.1, 0.15) is 17.7 Å². The molecule has 0 aliphatic carbocycles. The summed E-state index contributed by atoms with van der Waals surface area (Å²) in [5, 5.41) is 14.1. The summed E-state index contributed by atoms with van der Waals surface area (Å²) in [6.45, 7) is 1.50. The summed E-state index contributed by atoms with van der Waals surface area (Å²) >= 11 is 1.68. The minimum atomic E-state index is -0.933. The third-order valence-corrected chi connectivity index (χ3v) is 4.91. The Balaban J connectivity index is 2.06. The maximum atomic E-state index is 12.8. The van der Waals surface area contributed by atoms with Crippen LogP contribution >= 0.6 is 11.3 Å². The number of nitrogens with zero attached hydrogens (tertiary/aromatic N) is 2. The van der Waals surface area contributed by atoms with Gasteiger partial charge in [0.05, 0.1) is 0 Å². The number of carbonyl (C=O) groups is 1. The maximum Gasteiger partial charge on any atom is 0.236 e. The Kier molecular flexibility index (Phi) is 5.19. The number of amidine groups is 1. The number of nitrogens with two attached hydrogens (primary N) is 1. The molecule has 3 N–H and O–H groups in total. The molecule has 0 radical (unpaired) electrons. The fourth-order valence-corrected chi connectivity index (χ4v) is 3.29. The van der Waals surface area contributed by atoms with E-state index in [1.165, 1.54) is 4.88 Å². The van der Waals surface area contributed by atoms with E-state index in [4.69, 9.17) is 15.7 Å². The second kappa shape index (κ2) is 6.91. The molecule has 1 fully saturated rings. The molecule has 1 aliphatic heterocycles. The van der Waals surface area contributed by atoms with Crippen LogP contribution in [0.5, 0.6) is 0 Å². The van der Waals surface area contributed by atoms with Gasteiger partial charge in [-0.25, -0.2) is 0 Å². The number of ether oxygens (including phenoxy) is 1. The number of likely N-dealkylation sites (N-methyl/N-ethyl adjacent to an activating group) is 1. The Labute approximate surface area is 128 Å². The molecule has 0 spiro atoms. The van der Waals surface area contributed by atoms with Crippen LogP contribution in [0.2, 0.25) is 0 Å². The number of hydrogen-bond donors (Lipinski definition) is 2. The molecule has 0 saturated carbocycles. The minimum Gasteiger partial charge on any atom is -0.409 e. The molecule has 0 atom stereocenters. The number of oxime groups is 1. The van der Waals surface area contributed by atoms with E-state index in [0.717, 1.165) is 6.42 Å². The molecule has 1 saturated heterocycles. The molecule has 1 amide bonds. The Bertz CT molecular complexity index is 496. The van der Waals surface area contributed by atoms with Gasteiger partial charge in [0.2, 0.25) is 5.91 Å². The topological polar surface area (TPSA) is 88.2 Å². The number of rotatable bonds is 5. The van der Waals surface area contributed by atoms with Crippen LogP contribution in [0.25, 0.3) is 0 Å². The van der Waals surface area contributed by atoms with E-state index in [0.29, 0.717) is 32.6 Å². The lowest BCUT2D eigenvalue weighted by molar-refractivity contribution is -0.141. The second-order valence-electron chi connectivity index (χ2n) is 5.24. The highest BCUT2D eigenvalue weighted by Crippen LogP contribution is 2.33. The van der Waals surface area contributed by atoms with Crippen molar-refractivity contribution in [3.8, 4) is 0 Å². The van der Waals surface area contributed by atoms with E-state index >= 15 is 0 Å². The highest BCUT2D eigenvalue weighted by Gasteiger charge is 2.45. The van der Waals surface area contributed by atoms with E-state index < -0.39 is 5.41 Å². The molecule has 21 heavy (non-hydrogen) atoms. The van der Waals surface area contributed by atoms with Crippen molar-refractivity contribution in [3.05, 3.63) is 22.4 Å². The molecule has 7 heteroatoms. The van der Waals surface area contributed by atoms with E-state index in [1.54, 1.807) is 23.3 Å². The lowest BCUT2D eigenvalue weighted by atomic mass is 9.77. The highest BCUT2D eigenvalue weighted by molar-refractivity contribution is 7.09. The summed E-state index contributed by atoms with van der Waals surface area (Å²) in [5.41, 5.74) is 4.88. The number of hydrogen-bond acceptors (Lipinski definition) is 5. The average molecular weight is 311 g/mol. The summed E-state index contributed by atoms with van der Waals surface area (Å²) in [5.74, 6) is -0.114. The first-order chi connectivity index (χ1) is 10.1. The normalized spacial score (nSPS) is 18.4. The molecule has 2 rings (SSSR count). The van der Waals surface area contributed by atoms with E-state index in [-0.39, 0.29) is 11.7 Å². The quantitative estimate of drug-likeness (QED) is 0.371. The molecular weight excluding hydrogens is 290 g/mol. The van der Waals surface area contributed by atoms with Crippen LogP contribution in [0.4, 0.5) is 0 Å². The van der Waals surface area contributed by atoms with Gasteiger partial charge in [0.15, 0.2) is 5.84 Å². The molecule has 6 nitrogen and oxygen atoms in total. The molecule has 0 bridgehead atoms. The second-order valence-corrected chi connectivity index (χ2v) is 6.27. The van der Waals surface area contributed by atoms with Crippen molar-refractivity contribution in [2.75, 3.05) is 26.8 Å². The summed E-state index contributed by atoms with van der Waals surface area (Å²) in [6.07, 6.45) is 1.71. The van der Waals surface area contributed by atoms with Crippen molar-refractivity contribution in [2.45, 2.75) is 19.3 Å². The summed E-state index contributed by atoms with van der Waals surface area (Å²) < 4.78 is 5.31. The van der Waals surface area contributed by atoms with Gasteiger partial charge in [-0.05, 0) is 30.7 Å². The molecule has 1 aromatic rings. The Morgan fingerprint density at radius 2 is 2.29 bits per heavy atom. The monoisotopic (exact) mass is 311 g/mol. The van der Waals surface area contributed by atoms with Crippen molar-refractivity contribution in [1.29, 1.82) is 0 Å². The SMILES string of the molecule is CN(CCc1cccs1)C(=O)C1(C(N)=NO)CCOCC1. The third-order valence-electron chi connectivity index (χ3n) is 3.97. The molecule has 1 aromatic heterocycles. The minimum absolute atomic E-state index is 0.0150. The van der Waals surface area contributed by atoms with Gasteiger partial charge < -0.3 is 20.6 Å². The van der Waals surface area contributed by atoms with Gasteiger partial charge in [-0.3, -0.25) is 4.79 Å². The summed E-state index contributed by atoms with van der Waals surface area (Å²) in [6, 6.07) is 4.05. The molecule has 2 heterocycles. The van der Waals surface area contributed by atoms with Gasteiger partial charge in [-0.2, -0.15) is 0 Å². The predicted molar refractivity (Wildman–Crippen MR) is 81.6 cm³/mol. The Morgan fingerprint density at radius 3 is 2.86 bits per heavy atom. The third kappa shape index (κ3) is 3.36. The van der Waals surface area contributed by atoms with Gasteiger partial charge in [-0.15, -0.1) is 11.3 Å². The van der Waals surface area contributed by atoms with Crippen molar-refractivity contribution >= 4 is 23.1 Å². The van der Waals surface area contributed by atoms with Crippen LogP contribution in [-0.4, -0.2) is 48.7 Å². The number of thiophene rings is 1. The van der Waals surface area contributed by atoms with E-state index in [9.17, 15) is 4.79 Å². The molecular formula is C14H21N3O3S. The molecule has 1 aliphatic rings. The van der Waals surface area contributed by atoms with Gasteiger partial charge in [0, 0.05) is 31.7 Å². The Hall–Kier alpha value is -1.60. The van der Waals surface area contributed by atoms with Crippen LogP contribution in [0.15, 0.2) is 22.7 Å². The van der Waals surface area contributed by atoms with Crippen LogP contribution in [-0.2, 0) is 16.0 Å². The Morgan fingerprint density at radius 1 is 1.57 bits per heavy atom. The fourth-order valence-electron chi connectivity index (χ4n) is 2.59. The first kappa shape index (κ1) is 15.8. The molecule has 116 valence electrons. The first-order valence-electron chi connectivity index (χ1n) is 6.94. The predicted octanol–water partition coefficient (Wildman–Crippen LogP) is 1.29. The van der Waals surface area contributed by atoms with E-state index in [1.807, 2.05) is 11.4 Å². The largest absolute Gasteiger partial charge is 0.409 e. The van der Waals surface area contributed by atoms with Gasteiger partial charge >= 0.3 is 0 Å². The zero-order valence-electron chi connectivity index (χ0n) is 12.1. The van der Waals surface area contributed by atoms with E-state index in [2.05, 4.69) is 11.2 Å². The fraction of sp³-hybridized carbons (Fsp3) is 0.571. The van der Waals surface area contributed by atoms with Gasteiger partial charge in [0.1, 0.15) is 5.41 Å². The lowest BCUT2D eigenvalue weighted by Gasteiger charge is -2.37. The van der Waals surface area contributed by atoms with Gasteiger partial charge in [0.25, 0.3) is 0 Å². The summed E-state index contributed by atoms with van der Waals surface area (Å²) in [7, 11) is 1.76. The van der Waals surface area contributed by atoms with Gasteiger partial charge in [-0.1, -0.05) is 11.2 Å². The van der Waals surface area contributed by atoms with Crippen molar-refractivity contribution in [2.24, 2.45) is 16.3 Å². The van der Waals surface area contributed by atoms with Crippen LogP contribution in [0, 0.1) is 5.41 Å². The number of amides is 1. The first-order valence-corrected chi connectivity index (χ1v) is 7.82. The highest BCUT2D eigenvalue weighted by atomic mass is 32.1. The smallest absolute Gasteiger partial charge is 0.236 e. The van der Waals surface area contributed by atoms with Crippen LogP contribution < -0.4 is 5.73 Å². The van der Waals surface area contributed by atoms with Crippen molar-refractivity contribution in [1.82, 2.24) is 4.90 Å². The van der Waals surface area contributed by atoms with Crippen molar-refractivity contribution in [3.63, 3.8) is 0 Å². The zero-order chi connectivity index (χ0) is 15.3. The molecule has 0 unspecified atom stereocenters. The standard InChI is InChI=1S/C14H21N3O3S/c1-17(7-4-11-3-2-10-21-11)13(18)14(12(15)16-19)5-8-20-9-6-14/h2-3,10,19H,4-9H2,1H3,(H2,15,16). The lowest BCUT2D eigenvalue weighted by Crippen LogP contribution is -2.53. The van der Waals surface area contributed by atoms with Crippen molar-refractivity contribution < 1.29 is 14.7 Å².